The first-order valence-electron chi connectivity index (χ1n) is 15.6. The number of rotatable bonds is 17. The molecule has 1 N–H and O–H groups in total. The number of fused-ring (bicyclic) bond motifs is 3. The Bertz CT molecular complexity index is 1080. The van der Waals surface area contributed by atoms with Gasteiger partial charge in [-0.1, -0.05) is 133 Å². The van der Waals surface area contributed by atoms with Crippen LogP contribution in [0.4, 0.5) is 0 Å². The Kier molecular flexibility index (Phi) is 11.5. The number of aromatic nitrogens is 1. The van der Waals surface area contributed by atoms with E-state index < -0.39 is 0 Å². The fraction of sp³-hybridized carbons (Fsp3) is 0.600. The number of hydrogen-bond donors (Lipinski definition) is 1. The van der Waals surface area contributed by atoms with Crippen molar-refractivity contribution < 1.29 is 4.74 Å². The Balaban J connectivity index is 1.53. The van der Waals surface area contributed by atoms with Gasteiger partial charge in [-0.15, -0.1) is 0 Å². The second-order valence-corrected chi connectivity index (χ2v) is 11.4. The highest BCUT2D eigenvalue weighted by Crippen LogP contribution is 2.36. The molecule has 1 aromatic carbocycles. The predicted molar refractivity (Wildman–Crippen MR) is 159 cm³/mol. The second kappa shape index (κ2) is 15.3. The van der Waals surface area contributed by atoms with Gasteiger partial charge in [-0.3, -0.25) is 0 Å². The van der Waals surface area contributed by atoms with Crippen LogP contribution in [-0.4, -0.2) is 4.98 Å². The summed E-state index contributed by atoms with van der Waals surface area (Å²) in [5, 5.41) is 2.66. The van der Waals surface area contributed by atoms with Crippen LogP contribution in [0.2, 0.25) is 0 Å². The zero-order chi connectivity index (χ0) is 25.7. The van der Waals surface area contributed by atoms with E-state index in [4.69, 9.17) is 4.74 Å². The first kappa shape index (κ1) is 27.8. The van der Waals surface area contributed by atoms with Gasteiger partial charge in [-0.25, -0.2) is 0 Å². The van der Waals surface area contributed by atoms with Gasteiger partial charge in [0.2, 0.25) is 0 Å². The molecule has 0 fully saturated rings. The summed E-state index contributed by atoms with van der Waals surface area (Å²) in [6, 6.07) is 10.6. The number of allylic oxidation sites excluding steroid dienone is 1. The van der Waals surface area contributed by atoms with E-state index in [1.165, 1.54) is 119 Å². The van der Waals surface area contributed by atoms with Gasteiger partial charge in [0.1, 0.15) is 12.4 Å². The third-order valence-electron chi connectivity index (χ3n) is 8.49. The van der Waals surface area contributed by atoms with E-state index in [1.54, 1.807) is 11.1 Å². The molecule has 2 unspecified atom stereocenters. The molecule has 2 atom stereocenters. The summed E-state index contributed by atoms with van der Waals surface area (Å²) in [6.07, 6.45) is 28.7. The molecular weight excluding hydrogens is 450 g/mol. The van der Waals surface area contributed by atoms with Crippen molar-refractivity contribution in [2.45, 2.75) is 135 Å². The number of aromatic amines is 1. The van der Waals surface area contributed by atoms with Crippen LogP contribution in [0.25, 0.3) is 11.8 Å². The monoisotopic (exact) mass is 501 g/mol. The van der Waals surface area contributed by atoms with Crippen LogP contribution in [-0.2, 0) is 11.3 Å². The molecule has 4 rings (SSSR count). The average Bonchev–Trinajstić information content (AvgIpc) is 3.33. The van der Waals surface area contributed by atoms with Crippen LogP contribution in [0.15, 0.2) is 42.5 Å². The minimum Gasteiger partial charge on any atom is -0.487 e. The number of ether oxygens (including phenoxy) is 1. The molecule has 2 nitrogen and oxygen atoms in total. The Morgan fingerprint density at radius 1 is 0.784 bits per heavy atom. The van der Waals surface area contributed by atoms with E-state index in [2.05, 4.69) is 67.4 Å². The van der Waals surface area contributed by atoms with Gasteiger partial charge in [0, 0.05) is 11.3 Å². The summed E-state index contributed by atoms with van der Waals surface area (Å²) < 4.78 is 6.45. The van der Waals surface area contributed by atoms with Gasteiger partial charge < -0.3 is 9.72 Å². The Hall–Kier alpha value is -2.22. The van der Waals surface area contributed by atoms with Crippen molar-refractivity contribution in [3.05, 3.63) is 69.9 Å². The number of nitrogens with one attached hydrogen (secondary N) is 1. The molecule has 2 aromatic rings. The van der Waals surface area contributed by atoms with Crippen molar-refractivity contribution in [3.63, 3.8) is 0 Å². The maximum absolute atomic E-state index is 6.45. The number of unbranched alkanes of at least 4 members (excludes halogenated alkanes) is 10. The molecule has 0 bridgehead atoms. The first-order valence-corrected chi connectivity index (χ1v) is 15.6. The summed E-state index contributed by atoms with van der Waals surface area (Å²) in [6.45, 7) is 5.23. The molecule has 1 aromatic heterocycles. The van der Waals surface area contributed by atoms with E-state index in [-0.39, 0.29) is 0 Å². The smallest absolute Gasteiger partial charge is 0.143 e. The average molecular weight is 502 g/mol. The van der Waals surface area contributed by atoms with Crippen molar-refractivity contribution in [1.82, 2.24) is 4.98 Å². The molecule has 37 heavy (non-hydrogen) atoms. The third-order valence-corrected chi connectivity index (χ3v) is 8.49. The van der Waals surface area contributed by atoms with Gasteiger partial charge in [0.25, 0.3) is 0 Å². The zero-order valence-corrected chi connectivity index (χ0v) is 23.7. The quantitative estimate of drug-likeness (QED) is 0.215. The van der Waals surface area contributed by atoms with Crippen LogP contribution in [0.3, 0.4) is 0 Å². The SMILES string of the molecule is CCCCCCCCC1C=CC(OCc2ccccc2)=c2[nH]c3c(c21)C(CCCCCCCC)CCC=3. The van der Waals surface area contributed by atoms with E-state index in [9.17, 15) is 0 Å². The van der Waals surface area contributed by atoms with Crippen LogP contribution in [0.1, 0.15) is 145 Å². The zero-order valence-electron chi connectivity index (χ0n) is 23.7. The van der Waals surface area contributed by atoms with E-state index in [0.717, 1.165) is 5.76 Å². The highest BCUT2D eigenvalue weighted by molar-refractivity contribution is 5.58. The van der Waals surface area contributed by atoms with Crippen molar-refractivity contribution in [3.8, 4) is 0 Å². The van der Waals surface area contributed by atoms with Gasteiger partial charge >= 0.3 is 0 Å². The fourth-order valence-electron chi connectivity index (χ4n) is 6.39. The lowest BCUT2D eigenvalue weighted by Crippen LogP contribution is -2.21. The molecule has 0 spiro atoms. The molecule has 2 heteroatoms. The Labute approximate surface area is 226 Å². The summed E-state index contributed by atoms with van der Waals surface area (Å²) in [7, 11) is 0. The molecule has 1 heterocycles. The van der Waals surface area contributed by atoms with Crippen molar-refractivity contribution in [2.24, 2.45) is 0 Å². The topological polar surface area (TPSA) is 25.0 Å². The maximum atomic E-state index is 6.45. The predicted octanol–water partition coefficient (Wildman–Crippen LogP) is 9.15. The van der Waals surface area contributed by atoms with E-state index >= 15 is 0 Å². The molecule has 0 aliphatic heterocycles. The van der Waals surface area contributed by atoms with Gasteiger partial charge in [0.15, 0.2) is 0 Å². The molecule has 2 aliphatic carbocycles. The summed E-state index contributed by atoms with van der Waals surface area (Å²) in [5.41, 5.74) is 4.43. The molecule has 0 saturated heterocycles. The minimum absolute atomic E-state index is 0.517. The number of benzene rings is 1. The van der Waals surface area contributed by atoms with Gasteiger partial charge in [-0.05, 0) is 54.4 Å². The standard InChI is InChI=1S/C35H51NO/c1-3-5-7-9-11-16-21-29-23-18-24-31-33(29)34-30(22-17-12-10-8-6-4-2)25-26-32(35(34)36-31)37-27-28-19-14-13-15-20-28/h13-15,19-20,24-26,29-30,36H,3-12,16-18,21-23,27H2,1-2H3. The molecule has 202 valence electrons. The Morgan fingerprint density at radius 3 is 2.19 bits per heavy atom. The highest BCUT2D eigenvalue weighted by atomic mass is 16.5. The summed E-state index contributed by atoms with van der Waals surface area (Å²) in [5.74, 6) is 2.24. The highest BCUT2D eigenvalue weighted by Gasteiger charge is 2.28. The number of hydrogen-bond acceptors (Lipinski definition) is 1. The van der Waals surface area contributed by atoms with E-state index in [0.29, 0.717) is 18.4 Å². The van der Waals surface area contributed by atoms with Crippen LogP contribution < -0.4 is 10.7 Å². The molecule has 0 radical (unpaired) electrons. The lowest BCUT2D eigenvalue weighted by atomic mass is 9.79. The fourth-order valence-corrected chi connectivity index (χ4v) is 6.39. The molecule has 0 amide bonds. The van der Waals surface area contributed by atoms with Gasteiger partial charge in [-0.2, -0.15) is 0 Å². The Morgan fingerprint density at radius 2 is 1.46 bits per heavy atom. The molecule has 2 aliphatic rings. The third kappa shape index (κ3) is 7.88. The van der Waals surface area contributed by atoms with Crippen molar-refractivity contribution >= 4 is 11.8 Å². The van der Waals surface area contributed by atoms with Crippen LogP contribution in [0.5, 0.6) is 0 Å². The summed E-state index contributed by atoms with van der Waals surface area (Å²) in [4.78, 5) is 3.87. The van der Waals surface area contributed by atoms with Crippen LogP contribution >= 0.6 is 0 Å². The first-order chi connectivity index (χ1) is 18.3. The second-order valence-electron chi connectivity index (χ2n) is 11.4. The molecule has 0 saturated carbocycles. The van der Waals surface area contributed by atoms with Crippen molar-refractivity contribution in [2.75, 3.05) is 0 Å². The van der Waals surface area contributed by atoms with Crippen molar-refractivity contribution in [1.29, 1.82) is 0 Å². The lowest BCUT2D eigenvalue weighted by Gasteiger charge is -2.25. The van der Waals surface area contributed by atoms with Gasteiger partial charge in [0.05, 0.1) is 5.35 Å². The maximum Gasteiger partial charge on any atom is 0.143 e. The summed E-state index contributed by atoms with van der Waals surface area (Å²) >= 11 is 0. The normalized spacial score (nSPS) is 18.4. The lowest BCUT2D eigenvalue weighted by molar-refractivity contribution is 0.262. The van der Waals surface area contributed by atoms with Crippen LogP contribution in [0, 0.1) is 0 Å². The largest absolute Gasteiger partial charge is 0.487 e. The minimum atomic E-state index is 0.517. The van der Waals surface area contributed by atoms with E-state index in [1.807, 2.05) is 0 Å². The number of H-pyrrole nitrogens is 1. The molecular formula is C35H51NO.